The minimum Gasteiger partial charge on any atom is -0.383 e. The molecule has 1 amide bonds. The summed E-state index contributed by atoms with van der Waals surface area (Å²) in [6.07, 6.45) is 0.332. The van der Waals surface area contributed by atoms with E-state index in [4.69, 9.17) is 5.73 Å². The minimum atomic E-state index is -0.652. The van der Waals surface area contributed by atoms with Gasteiger partial charge in [-0.05, 0) is 23.8 Å². The third kappa shape index (κ3) is 3.87. The number of benzene rings is 2. The fourth-order valence-corrected chi connectivity index (χ4v) is 4.19. The van der Waals surface area contributed by atoms with E-state index in [1.54, 1.807) is 24.3 Å². The molecule has 0 unspecified atom stereocenters. The molecule has 0 aliphatic carbocycles. The lowest BCUT2D eigenvalue weighted by atomic mass is 10.0. The van der Waals surface area contributed by atoms with Crippen LogP contribution in [0.15, 0.2) is 47.3 Å². The maximum atomic E-state index is 14.7. The van der Waals surface area contributed by atoms with Crippen molar-refractivity contribution in [2.45, 2.75) is 25.9 Å². The van der Waals surface area contributed by atoms with Gasteiger partial charge >= 0.3 is 0 Å². The van der Waals surface area contributed by atoms with Gasteiger partial charge in [0.25, 0.3) is 11.5 Å². The second-order valence-electron chi connectivity index (χ2n) is 8.09. The highest BCUT2D eigenvalue weighted by molar-refractivity contribution is 5.95. The quantitative estimate of drug-likeness (QED) is 0.471. The zero-order valence-corrected chi connectivity index (χ0v) is 18.0. The molecule has 0 saturated heterocycles. The van der Waals surface area contributed by atoms with Crippen LogP contribution in [0.3, 0.4) is 0 Å². The van der Waals surface area contributed by atoms with Gasteiger partial charge in [-0.1, -0.05) is 24.3 Å². The molecule has 0 bridgehead atoms. The van der Waals surface area contributed by atoms with E-state index in [2.05, 4.69) is 20.2 Å². The number of rotatable bonds is 5. The zero-order valence-electron chi connectivity index (χ0n) is 18.0. The predicted molar refractivity (Wildman–Crippen MR) is 121 cm³/mol. The van der Waals surface area contributed by atoms with Crippen LogP contribution in [0.4, 0.5) is 14.6 Å². The topological polar surface area (TPSA) is 118 Å². The SMILES string of the molecule is Nc1nc(CCF)nc2c1CN(C(=O)c1cc(Cc3n[nH]c(=O)c4ccccc34)ccc1F)C2. The fourth-order valence-electron chi connectivity index (χ4n) is 4.19. The van der Waals surface area contributed by atoms with Crippen LogP contribution in [0, 0.1) is 5.82 Å². The average Bonchev–Trinajstić information content (AvgIpc) is 3.27. The van der Waals surface area contributed by atoms with Gasteiger partial charge in [0.2, 0.25) is 0 Å². The van der Waals surface area contributed by atoms with E-state index in [9.17, 15) is 18.4 Å². The predicted octanol–water partition coefficient (Wildman–Crippen LogP) is 2.69. The monoisotopic (exact) mass is 462 g/mol. The highest BCUT2D eigenvalue weighted by Crippen LogP contribution is 2.28. The number of aromatic nitrogens is 4. The molecule has 1 aliphatic rings. The number of aromatic amines is 1. The molecule has 4 aromatic rings. The summed E-state index contributed by atoms with van der Waals surface area (Å²) in [4.78, 5) is 35.1. The molecule has 3 N–H and O–H groups in total. The van der Waals surface area contributed by atoms with Crippen LogP contribution in [0.2, 0.25) is 0 Å². The van der Waals surface area contributed by atoms with Crippen molar-refractivity contribution in [2.75, 3.05) is 12.4 Å². The number of H-pyrrole nitrogens is 1. The maximum absolute atomic E-state index is 14.7. The Bertz CT molecular complexity index is 1490. The number of nitrogens with one attached hydrogen (secondary N) is 1. The molecular formula is C24H20F2N6O2. The summed E-state index contributed by atoms with van der Waals surface area (Å²) >= 11 is 0. The van der Waals surface area contributed by atoms with E-state index >= 15 is 0 Å². The summed E-state index contributed by atoms with van der Waals surface area (Å²) in [6, 6.07) is 11.4. The van der Waals surface area contributed by atoms with Crippen molar-refractivity contribution in [3.63, 3.8) is 0 Å². The van der Waals surface area contributed by atoms with E-state index < -0.39 is 18.4 Å². The summed E-state index contributed by atoms with van der Waals surface area (Å²) < 4.78 is 27.4. The highest BCUT2D eigenvalue weighted by atomic mass is 19.1. The van der Waals surface area contributed by atoms with Crippen molar-refractivity contribution in [1.82, 2.24) is 25.1 Å². The first kappa shape index (κ1) is 21.6. The number of alkyl halides is 1. The molecule has 0 saturated carbocycles. The molecule has 1 aliphatic heterocycles. The largest absolute Gasteiger partial charge is 0.383 e. The number of hydrogen-bond donors (Lipinski definition) is 2. The molecule has 0 atom stereocenters. The van der Waals surface area contributed by atoms with Crippen molar-refractivity contribution in [2.24, 2.45) is 0 Å². The Balaban J connectivity index is 1.42. The Hall–Kier alpha value is -4.21. The Labute approximate surface area is 192 Å². The van der Waals surface area contributed by atoms with Gasteiger partial charge in [-0.15, -0.1) is 0 Å². The fraction of sp³-hybridized carbons (Fsp3) is 0.208. The highest BCUT2D eigenvalue weighted by Gasteiger charge is 2.30. The van der Waals surface area contributed by atoms with Gasteiger partial charge in [-0.3, -0.25) is 14.0 Å². The van der Waals surface area contributed by atoms with E-state index in [1.807, 2.05) is 6.07 Å². The van der Waals surface area contributed by atoms with Gasteiger partial charge in [0.05, 0.1) is 42.1 Å². The number of halogens is 2. The van der Waals surface area contributed by atoms with E-state index in [0.29, 0.717) is 39.7 Å². The summed E-state index contributed by atoms with van der Waals surface area (Å²) in [6.45, 7) is -0.333. The van der Waals surface area contributed by atoms with Gasteiger partial charge in [0.1, 0.15) is 17.5 Å². The molecule has 5 rings (SSSR count). The van der Waals surface area contributed by atoms with Crippen molar-refractivity contribution in [1.29, 1.82) is 0 Å². The number of nitrogens with two attached hydrogens (primary N) is 1. The van der Waals surface area contributed by atoms with Crippen molar-refractivity contribution < 1.29 is 13.6 Å². The maximum Gasteiger partial charge on any atom is 0.272 e. The van der Waals surface area contributed by atoms with Crippen LogP contribution in [0.25, 0.3) is 10.8 Å². The normalized spacial score (nSPS) is 12.8. The molecule has 34 heavy (non-hydrogen) atoms. The van der Waals surface area contributed by atoms with Crippen molar-refractivity contribution in [3.05, 3.63) is 92.5 Å². The second kappa shape index (κ2) is 8.62. The molecule has 8 nitrogen and oxygen atoms in total. The van der Waals surface area contributed by atoms with Crippen molar-refractivity contribution in [3.8, 4) is 0 Å². The zero-order chi connectivity index (χ0) is 23.8. The molecule has 0 radical (unpaired) electrons. The Morgan fingerprint density at radius 1 is 1.12 bits per heavy atom. The summed E-state index contributed by atoms with van der Waals surface area (Å²) in [7, 11) is 0. The Morgan fingerprint density at radius 3 is 2.71 bits per heavy atom. The molecule has 172 valence electrons. The first-order valence-corrected chi connectivity index (χ1v) is 10.7. The van der Waals surface area contributed by atoms with E-state index in [-0.39, 0.29) is 42.3 Å². The molecule has 0 spiro atoms. The lowest BCUT2D eigenvalue weighted by Crippen LogP contribution is -2.26. The molecule has 10 heteroatoms. The first-order chi connectivity index (χ1) is 16.4. The van der Waals surface area contributed by atoms with E-state index in [0.717, 1.165) is 0 Å². The van der Waals surface area contributed by atoms with Gasteiger partial charge < -0.3 is 10.6 Å². The number of carbonyl (C=O) groups excluding carboxylic acids is 1. The third-order valence-corrected chi connectivity index (χ3v) is 5.87. The van der Waals surface area contributed by atoms with Crippen molar-refractivity contribution >= 4 is 22.5 Å². The van der Waals surface area contributed by atoms with Crippen LogP contribution in [-0.2, 0) is 25.9 Å². The number of nitrogen functional groups attached to an aromatic ring is 1. The summed E-state index contributed by atoms with van der Waals surface area (Å²) in [5.41, 5.74) is 8.01. The van der Waals surface area contributed by atoms with Gasteiger partial charge in [0.15, 0.2) is 0 Å². The van der Waals surface area contributed by atoms with Crippen LogP contribution in [-0.4, -0.2) is 37.6 Å². The number of nitrogens with zero attached hydrogens (tertiary/aromatic N) is 4. The number of anilines is 1. The van der Waals surface area contributed by atoms with Crippen LogP contribution in [0.5, 0.6) is 0 Å². The smallest absolute Gasteiger partial charge is 0.272 e. The Morgan fingerprint density at radius 2 is 1.91 bits per heavy atom. The average molecular weight is 462 g/mol. The lowest BCUT2D eigenvalue weighted by Gasteiger charge is -2.16. The molecular weight excluding hydrogens is 442 g/mol. The first-order valence-electron chi connectivity index (χ1n) is 10.7. The van der Waals surface area contributed by atoms with Crippen LogP contribution < -0.4 is 11.3 Å². The Kier molecular flexibility index (Phi) is 5.48. The van der Waals surface area contributed by atoms with Crippen LogP contribution in [0.1, 0.15) is 38.7 Å². The molecule has 0 fully saturated rings. The van der Waals surface area contributed by atoms with Gasteiger partial charge in [0, 0.05) is 23.8 Å². The number of carbonyl (C=O) groups is 1. The van der Waals surface area contributed by atoms with Gasteiger partial charge in [-0.2, -0.15) is 5.10 Å². The summed E-state index contributed by atoms with van der Waals surface area (Å²) in [5, 5.41) is 7.83. The number of amides is 1. The molecule has 3 heterocycles. The lowest BCUT2D eigenvalue weighted by molar-refractivity contribution is 0.0745. The standard InChI is InChI=1S/C24H20F2N6O2/c25-8-7-21-28-20-12-32(11-17(20)22(27)29-21)24(34)16-9-13(5-6-18(16)26)10-19-14-3-1-2-4-15(14)23(33)31-30-19/h1-6,9H,7-8,10-12H2,(H,31,33)(H2,27,28,29). The summed E-state index contributed by atoms with van der Waals surface area (Å²) in [5.74, 6) is -0.680. The number of aryl methyl sites for hydroxylation is 1. The van der Waals surface area contributed by atoms with Gasteiger partial charge in [-0.25, -0.2) is 19.5 Å². The second-order valence-corrected chi connectivity index (χ2v) is 8.09. The number of hydrogen-bond acceptors (Lipinski definition) is 6. The number of fused-ring (bicyclic) bond motifs is 2. The third-order valence-electron chi connectivity index (χ3n) is 5.87. The molecule has 2 aromatic heterocycles. The van der Waals surface area contributed by atoms with Crippen LogP contribution >= 0.6 is 0 Å². The molecule has 2 aromatic carbocycles. The van der Waals surface area contributed by atoms with E-state index in [1.165, 1.54) is 17.0 Å². The minimum absolute atomic E-state index is 0.0373.